The molecule has 0 saturated carbocycles. The van der Waals surface area contributed by atoms with Gasteiger partial charge in [0.05, 0.1) is 18.8 Å². The van der Waals surface area contributed by atoms with E-state index in [2.05, 4.69) is 5.32 Å². The van der Waals surface area contributed by atoms with Crippen molar-refractivity contribution in [2.45, 2.75) is 44.1 Å². The third-order valence-corrected chi connectivity index (χ3v) is 3.57. The van der Waals surface area contributed by atoms with Crippen LogP contribution in [0.4, 0.5) is 0 Å². The quantitative estimate of drug-likeness (QED) is 0.581. The average Bonchev–Trinajstić information content (AvgIpc) is 2.69. The van der Waals surface area contributed by atoms with Gasteiger partial charge in [0, 0.05) is 25.6 Å². The molecule has 0 aromatic carbocycles. The fourth-order valence-corrected chi connectivity index (χ4v) is 2.62. The lowest BCUT2D eigenvalue weighted by Gasteiger charge is -2.35. The fourth-order valence-electron chi connectivity index (χ4n) is 2.62. The molecule has 2 heterocycles. The summed E-state index contributed by atoms with van der Waals surface area (Å²) in [6.45, 7) is 4.33. The number of nitrogens with two attached hydrogens (primary N) is 1. The number of likely N-dealkylation sites (tertiary alicyclic amines) is 1. The van der Waals surface area contributed by atoms with Gasteiger partial charge in [0.1, 0.15) is 6.10 Å². The van der Waals surface area contributed by atoms with Crippen LogP contribution in [0.1, 0.15) is 19.8 Å². The van der Waals surface area contributed by atoms with Gasteiger partial charge in [-0.15, -0.1) is 0 Å². The van der Waals surface area contributed by atoms with E-state index in [1.165, 1.54) is 0 Å². The normalized spacial score (nSPS) is 34.9. The predicted octanol–water partition coefficient (Wildman–Crippen LogP) is -1.33. The van der Waals surface area contributed by atoms with Gasteiger partial charge in [-0.1, -0.05) is 0 Å². The Kier molecular flexibility index (Phi) is 4.55. The first-order valence-electron chi connectivity index (χ1n) is 6.66. The van der Waals surface area contributed by atoms with E-state index in [0.717, 1.165) is 13.0 Å². The van der Waals surface area contributed by atoms with Crippen molar-refractivity contribution in [2.75, 3.05) is 26.2 Å². The van der Waals surface area contributed by atoms with E-state index in [4.69, 9.17) is 10.5 Å². The molecule has 2 fully saturated rings. The molecule has 1 amide bonds. The number of carbonyl (C=O) groups excluding carboxylic acids is 1. The summed E-state index contributed by atoms with van der Waals surface area (Å²) in [6.07, 6.45) is 0.641. The Hall–Kier alpha value is -0.690. The number of ether oxygens (including phenoxy) is 1. The van der Waals surface area contributed by atoms with Crippen LogP contribution in [-0.2, 0) is 9.53 Å². The van der Waals surface area contributed by atoms with E-state index in [0.29, 0.717) is 26.1 Å². The summed E-state index contributed by atoms with van der Waals surface area (Å²) in [5, 5.41) is 13.1. The average molecular weight is 257 g/mol. The van der Waals surface area contributed by atoms with Crippen LogP contribution >= 0.6 is 0 Å². The minimum absolute atomic E-state index is 0.00148. The molecule has 4 N–H and O–H groups in total. The summed E-state index contributed by atoms with van der Waals surface area (Å²) < 4.78 is 5.52. The Morgan fingerprint density at radius 3 is 3.06 bits per heavy atom. The number of β-amino-alcohol motifs (C(OH)–C–C–N with tert-alkyl or cyclic N) is 1. The van der Waals surface area contributed by atoms with Gasteiger partial charge in [0.2, 0.25) is 0 Å². The number of amides is 1. The highest BCUT2D eigenvalue weighted by molar-refractivity contribution is 5.83. The molecule has 18 heavy (non-hydrogen) atoms. The summed E-state index contributed by atoms with van der Waals surface area (Å²) in [5.41, 5.74) is 5.62. The Labute approximate surface area is 107 Å². The van der Waals surface area contributed by atoms with E-state index in [1.807, 2.05) is 6.92 Å². The zero-order valence-corrected chi connectivity index (χ0v) is 10.8. The maximum atomic E-state index is 12.2. The number of piperidine rings is 1. The van der Waals surface area contributed by atoms with Crippen molar-refractivity contribution in [1.29, 1.82) is 0 Å². The molecule has 2 rings (SSSR count). The number of rotatable bonds is 4. The summed E-state index contributed by atoms with van der Waals surface area (Å²) in [4.78, 5) is 14.0. The van der Waals surface area contributed by atoms with Crippen LogP contribution in [0.15, 0.2) is 0 Å². The molecule has 0 spiro atoms. The maximum absolute atomic E-state index is 12.2. The molecule has 0 aliphatic carbocycles. The Bertz CT molecular complexity index is 298. The van der Waals surface area contributed by atoms with Gasteiger partial charge in [0.15, 0.2) is 0 Å². The summed E-state index contributed by atoms with van der Waals surface area (Å²) in [5.74, 6) is 0.00148. The van der Waals surface area contributed by atoms with Crippen LogP contribution in [0.3, 0.4) is 0 Å². The first-order valence-corrected chi connectivity index (χ1v) is 6.66. The lowest BCUT2D eigenvalue weighted by atomic mass is 10.0. The molecular formula is C12H23N3O3. The lowest BCUT2D eigenvalue weighted by Crippen LogP contribution is -2.54. The second-order valence-electron chi connectivity index (χ2n) is 5.25. The van der Waals surface area contributed by atoms with Crippen molar-refractivity contribution in [3.05, 3.63) is 0 Å². The third-order valence-electron chi connectivity index (χ3n) is 3.57. The van der Waals surface area contributed by atoms with Crippen LogP contribution in [0.5, 0.6) is 0 Å². The maximum Gasteiger partial charge on any atom is 0.252 e. The van der Waals surface area contributed by atoms with Crippen molar-refractivity contribution in [1.82, 2.24) is 10.2 Å². The second-order valence-corrected chi connectivity index (χ2v) is 5.25. The molecule has 6 nitrogen and oxygen atoms in total. The summed E-state index contributed by atoms with van der Waals surface area (Å²) >= 11 is 0. The zero-order valence-electron chi connectivity index (χ0n) is 10.8. The molecule has 6 heteroatoms. The minimum Gasteiger partial charge on any atom is -0.390 e. The van der Waals surface area contributed by atoms with E-state index >= 15 is 0 Å². The van der Waals surface area contributed by atoms with Gasteiger partial charge >= 0.3 is 0 Å². The van der Waals surface area contributed by atoms with Crippen LogP contribution in [-0.4, -0.2) is 66.4 Å². The molecule has 2 saturated heterocycles. The van der Waals surface area contributed by atoms with Crippen molar-refractivity contribution < 1.29 is 14.6 Å². The molecule has 104 valence electrons. The molecule has 0 aromatic rings. The third kappa shape index (κ3) is 3.00. The van der Waals surface area contributed by atoms with E-state index in [-0.39, 0.29) is 24.1 Å². The molecule has 0 aromatic heterocycles. The van der Waals surface area contributed by atoms with E-state index < -0.39 is 6.10 Å². The number of hydrogen-bond donors (Lipinski definition) is 3. The van der Waals surface area contributed by atoms with E-state index in [9.17, 15) is 9.90 Å². The Balaban J connectivity index is 1.89. The largest absolute Gasteiger partial charge is 0.390 e. The van der Waals surface area contributed by atoms with Gasteiger partial charge in [-0.25, -0.2) is 0 Å². The Morgan fingerprint density at radius 2 is 2.39 bits per heavy atom. The van der Waals surface area contributed by atoms with Gasteiger partial charge in [0.25, 0.3) is 5.91 Å². The van der Waals surface area contributed by atoms with Gasteiger partial charge in [-0.05, 0) is 19.9 Å². The van der Waals surface area contributed by atoms with Crippen molar-refractivity contribution in [3.63, 3.8) is 0 Å². The standard InChI is InChI=1S/C12H23N3O3/c1-8(13)7-18-11-3-5-15(12(11)17)9-2-4-14-6-10(9)16/h8-11,14,16H,2-7,13H2,1H3/t8-,9-,10-,11+/m0/s1. The van der Waals surface area contributed by atoms with Gasteiger partial charge in [-0.2, -0.15) is 0 Å². The van der Waals surface area contributed by atoms with Crippen molar-refractivity contribution in [2.24, 2.45) is 5.73 Å². The fraction of sp³-hybridized carbons (Fsp3) is 0.917. The highest BCUT2D eigenvalue weighted by Crippen LogP contribution is 2.22. The number of carbonyl (C=O) groups is 1. The molecule has 0 radical (unpaired) electrons. The highest BCUT2D eigenvalue weighted by atomic mass is 16.5. The number of aliphatic hydroxyl groups is 1. The van der Waals surface area contributed by atoms with Crippen LogP contribution in [0.2, 0.25) is 0 Å². The van der Waals surface area contributed by atoms with Crippen LogP contribution < -0.4 is 11.1 Å². The molecular weight excluding hydrogens is 234 g/mol. The highest BCUT2D eigenvalue weighted by Gasteiger charge is 2.39. The topological polar surface area (TPSA) is 87.8 Å². The lowest BCUT2D eigenvalue weighted by molar-refractivity contribution is -0.142. The smallest absolute Gasteiger partial charge is 0.252 e. The first-order chi connectivity index (χ1) is 8.59. The Morgan fingerprint density at radius 1 is 1.61 bits per heavy atom. The first kappa shape index (κ1) is 13.7. The van der Waals surface area contributed by atoms with Crippen molar-refractivity contribution in [3.8, 4) is 0 Å². The summed E-state index contributed by atoms with van der Waals surface area (Å²) in [7, 11) is 0. The number of nitrogens with one attached hydrogen (secondary N) is 1. The number of nitrogens with zero attached hydrogens (tertiary/aromatic N) is 1. The monoisotopic (exact) mass is 257 g/mol. The molecule has 2 aliphatic heterocycles. The number of aliphatic hydroxyl groups excluding tert-OH is 1. The van der Waals surface area contributed by atoms with Crippen LogP contribution in [0, 0.1) is 0 Å². The predicted molar refractivity (Wildman–Crippen MR) is 67.0 cm³/mol. The second kappa shape index (κ2) is 5.97. The van der Waals surface area contributed by atoms with E-state index in [1.54, 1.807) is 4.90 Å². The molecule has 0 unspecified atom stereocenters. The molecule has 4 atom stereocenters. The van der Waals surface area contributed by atoms with Gasteiger partial charge in [-0.3, -0.25) is 4.79 Å². The molecule has 0 bridgehead atoms. The number of hydrogen-bond acceptors (Lipinski definition) is 5. The van der Waals surface area contributed by atoms with Crippen molar-refractivity contribution >= 4 is 5.91 Å². The minimum atomic E-state index is -0.477. The van der Waals surface area contributed by atoms with Gasteiger partial charge < -0.3 is 25.8 Å². The van der Waals surface area contributed by atoms with Crippen LogP contribution in [0.25, 0.3) is 0 Å². The SMILES string of the molecule is C[C@H](N)CO[C@@H]1CCN([C@H]2CCNC[C@@H]2O)C1=O. The summed E-state index contributed by atoms with van der Waals surface area (Å²) in [6, 6.07) is -0.126. The molecule has 2 aliphatic rings. The zero-order chi connectivity index (χ0) is 13.1.